The van der Waals surface area contributed by atoms with E-state index >= 15 is 0 Å². The fraction of sp³-hybridized carbons (Fsp3) is 0.267. The Kier molecular flexibility index (Phi) is 4.61. The Morgan fingerprint density at radius 2 is 2.05 bits per heavy atom. The van der Waals surface area contributed by atoms with E-state index in [0.717, 1.165) is 12.2 Å². The van der Waals surface area contributed by atoms with Gasteiger partial charge in [-0.25, -0.2) is 0 Å². The van der Waals surface area contributed by atoms with Crippen LogP contribution in [0.4, 0.5) is 5.82 Å². The van der Waals surface area contributed by atoms with E-state index in [1.807, 2.05) is 30.3 Å². The van der Waals surface area contributed by atoms with Crippen LogP contribution in [-0.2, 0) is 0 Å². The molecule has 1 heterocycles. The maximum atomic E-state index is 3.97. The number of hydrogen-bond donors (Lipinski definition) is 1. The maximum Gasteiger partial charge on any atom is 0.152 e. The molecule has 19 heavy (non-hydrogen) atoms. The van der Waals surface area contributed by atoms with Crippen LogP contribution in [0.1, 0.15) is 24.8 Å². The number of rotatable bonds is 6. The molecular weight excluding hydrogens is 236 g/mol. The summed E-state index contributed by atoms with van der Waals surface area (Å²) in [4.78, 5) is 0. The molecule has 0 saturated carbocycles. The summed E-state index contributed by atoms with van der Waals surface area (Å²) in [6.45, 7) is 6.10. The molecule has 0 saturated heterocycles. The van der Waals surface area contributed by atoms with Gasteiger partial charge in [-0.15, -0.1) is 16.8 Å². The van der Waals surface area contributed by atoms with Crippen molar-refractivity contribution in [2.24, 2.45) is 0 Å². The first kappa shape index (κ1) is 13.2. The van der Waals surface area contributed by atoms with Gasteiger partial charge in [-0.2, -0.15) is 0 Å². The zero-order valence-electron chi connectivity index (χ0n) is 11.0. The molecule has 2 unspecified atom stereocenters. The number of hydrogen-bond acceptors (Lipinski definition) is 4. The van der Waals surface area contributed by atoms with Crippen molar-refractivity contribution in [3.63, 3.8) is 0 Å². The molecule has 98 valence electrons. The van der Waals surface area contributed by atoms with Gasteiger partial charge in [-0.1, -0.05) is 43.3 Å². The Bertz CT molecular complexity index is 498. The second-order valence-electron chi connectivity index (χ2n) is 4.34. The van der Waals surface area contributed by atoms with Crippen molar-refractivity contribution in [1.29, 1.82) is 0 Å². The van der Waals surface area contributed by atoms with Gasteiger partial charge in [-0.05, 0) is 17.2 Å². The lowest BCUT2D eigenvalue weighted by Crippen LogP contribution is -2.26. The highest BCUT2D eigenvalue weighted by Crippen LogP contribution is 2.24. The summed E-state index contributed by atoms with van der Waals surface area (Å²) in [5, 5.41) is 14.7. The van der Waals surface area contributed by atoms with Crippen molar-refractivity contribution in [1.82, 2.24) is 15.4 Å². The lowest BCUT2D eigenvalue weighted by atomic mass is 9.90. The van der Waals surface area contributed by atoms with Crippen LogP contribution in [0.15, 0.2) is 55.3 Å². The van der Waals surface area contributed by atoms with E-state index in [4.69, 9.17) is 0 Å². The molecule has 1 aromatic heterocycles. The Morgan fingerprint density at radius 1 is 1.26 bits per heavy atom. The largest absolute Gasteiger partial charge is 0.365 e. The van der Waals surface area contributed by atoms with Crippen LogP contribution in [0.25, 0.3) is 0 Å². The summed E-state index contributed by atoms with van der Waals surface area (Å²) in [5.41, 5.74) is 1.25. The van der Waals surface area contributed by atoms with Gasteiger partial charge in [0.05, 0.1) is 6.20 Å². The van der Waals surface area contributed by atoms with Crippen molar-refractivity contribution in [3.05, 3.63) is 60.8 Å². The Balaban J connectivity index is 2.18. The molecule has 0 bridgehead atoms. The normalized spacial score (nSPS) is 13.5. The van der Waals surface area contributed by atoms with Crippen LogP contribution in [0.5, 0.6) is 0 Å². The highest BCUT2D eigenvalue weighted by atomic mass is 15.3. The van der Waals surface area contributed by atoms with E-state index in [1.54, 1.807) is 6.20 Å². The van der Waals surface area contributed by atoms with Gasteiger partial charge in [0.2, 0.25) is 0 Å². The maximum absolute atomic E-state index is 3.97. The third-order valence-electron chi connectivity index (χ3n) is 3.15. The van der Waals surface area contributed by atoms with Gasteiger partial charge in [0.15, 0.2) is 5.82 Å². The summed E-state index contributed by atoms with van der Waals surface area (Å²) in [5.74, 6) is 0.978. The molecule has 1 aromatic carbocycles. The number of nitrogens with zero attached hydrogens (tertiary/aromatic N) is 3. The molecule has 0 fully saturated rings. The SMILES string of the molecule is C=CC(c1ccccc1)C(CC)Nc1ccnnn1. The number of benzene rings is 1. The summed E-state index contributed by atoms with van der Waals surface area (Å²) in [7, 11) is 0. The summed E-state index contributed by atoms with van der Waals surface area (Å²) in [6, 6.07) is 12.4. The Labute approximate surface area is 113 Å². The second-order valence-corrected chi connectivity index (χ2v) is 4.34. The molecular formula is C15H18N4. The van der Waals surface area contributed by atoms with Gasteiger partial charge in [0, 0.05) is 18.0 Å². The van der Waals surface area contributed by atoms with Crippen molar-refractivity contribution in [2.75, 3.05) is 5.32 Å². The van der Waals surface area contributed by atoms with E-state index in [2.05, 4.69) is 46.4 Å². The molecule has 0 aliphatic heterocycles. The van der Waals surface area contributed by atoms with Crippen LogP contribution in [0.2, 0.25) is 0 Å². The Hall–Kier alpha value is -2.23. The second kappa shape index (κ2) is 6.64. The minimum atomic E-state index is 0.233. The van der Waals surface area contributed by atoms with Crippen molar-refractivity contribution in [2.45, 2.75) is 25.3 Å². The van der Waals surface area contributed by atoms with Gasteiger partial charge >= 0.3 is 0 Å². The van der Waals surface area contributed by atoms with Crippen LogP contribution in [0.3, 0.4) is 0 Å². The van der Waals surface area contributed by atoms with Crippen LogP contribution >= 0.6 is 0 Å². The fourth-order valence-corrected chi connectivity index (χ4v) is 2.16. The average molecular weight is 254 g/mol. The summed E-state index contributed by atoms with van der Waals surface area (Å²) < 4.78 is 0. The molecule has 0 aliphatic carbocycles. The zero-order chi connectivity index (χ0) is 13.5. The predicted octanol–water partition coefficient (Wildman–Crippen LogP) is 3.03. The predicted molar refractivity (Wildman–Crippen MR) is 76.9 cm³/mol. The monoisotopic (exact) mass is 254 g/mol. The van der Waals surface area contributed by atoms with E-state index in [-0.39, 0.29) is 12.0 Å². The highest BCUT2D eigenvalue weighted by molar-refractivity contribution is 5.36. The van der Waals surface area contributed by atoms with Crippen molar-refractivity contribution < 1.29 is 0 Å². The van der Waals surface area contributed by atoms with Gasteiger partial charge in [0.1, 0.15) is 0 Å². The standard InChI is InChI=1S/C15H18N4/c1-3-13(12-8-6-5-7-9-12)14(4-2)17-15-10-11-16-19-18-15/h3,5-11,13-14H,1,4H2,2H3,(H,16,17,18). The Morgan fingerprint density at radius 3 is 2.63 bits per heavy atom. The van der Waals surface area contributed by atoms with E-state index in [0.29, 0.717) is 0 Å². The fourth-order valence-electron chi connectivity index (χ4n) is 2.16. The zero-order valence-corrected chi connectivity index (χ0v) is 11.0. The summed E-state index contributed by atoms with van der Waals surface area (Å²) in [6.07, 6.45) is 4.58. The summed E-state index contributed by atoms with van der Waals surface area (Å²) >= 11 is 0. The molecule has 0 aliphatic rings. The first-order valence-corrected chi connectivity index (χ1v) is 6.43. The number of nitrogens with one attached hydrogen (secondary N) is 1. The number of aromatic nitrogens is 3. The molecule has 0 spiro atoms. The molecule has 0 amide bonds. The van der Waals surface area contributed by atoms with Gasteiger partial charge < -0.3 is 5.32 Å². The smallest absolute Gasteiger partial charge is 0.152 e. The average Bonchev–Trinajstić information content (AvgIpc) is 2.49. The minimum Gasteiger partial charge on any atom is -0.365 e. The van der Waals surface area contributed by atoms with Crippen LogP contribution in [0, 0.1) is 0 Å². The molecule has 2 aromatic rings. The molecule has 2 rings (SSSR count). The first-order valence-electron chi connectivity index (χ1n) is 6.43. The van der Waals surface area contributed by atoms with E-state index < -0.39 is 0 Å². The minimum absolute atomic E-state index is 0.233. The topological polar surface area (TPSA) is 50.7 Å². The molecule has 4 heteroatoms. The van der Waals surface area contributed by atoms with Gasteiger partial charge in [-0.3, -0.25) is 0 Å². The molecule has 0 radical (unpaired) electrons. The molecule has 2 atom stereocenters. The third-order valence-corrected chi connectivity index (χ3v) is 3.15. The van der Waals surface area contributed by atoms with E-state index in [9.17, 15) is 0 Å². The highest BCUT2D eigenvalue weighted by Gasteiger charge is 2.19. The number of anilines is 1. The lowest BCUT2D eigenvalue weighted by Gasteiger charge is -2.25. The van der Waals surface area contributed by atoms with Crippen molar-refractivity contribution in [3.8, 4) is 0 Å². The first-order chi connectivity index (χ1) is 9.35. The lowest BCUT2D eigenvalue weighted by molar-refractivity contribution is 0.623. The van der Waals surface area contributed by atoms with Crippen LogP contribution in [-0.4, -0.2) is 21.5 Å². The van der Waals surface area contributed by atoms with E-state index in [1.165, 1.54) is 5.56 Å². The van der Waals surface area contributed by atoms with Crippen LogP contribution < -0.4 is 5.32 Å². The molecule has 4 nitrogen and oxygen atoms in total. The third kappa shape index (κ3) is 3.37. The van der Waals surface area contributed by atoms with Crippen molar-refractivity contribution >= 4 is 5.82 Å². The molecule has 1 N–H and O–H groups in total. The quantitative estimate of drug-likeness (QED) is 0.805. The van der Waals surface area contributed by atoms with Gasteiger partial charge in [0.25, 0.3) is 0 Å².